The normalized spacial score (nSPS) is 19.8. The number of aryl methyl sites for hydroxylation is 1. The molecule has 1 N–H and O–H groups in total. The molecule has 1 unspecified atom stereocenters. The molecular formula is C23H33ClN2O2. The van der Waals surface area contributed by atoms with Crippen molar-refractivity contribution in [1.29, 1.82) is 0 Å². The molecule has 1 aromatic carbocycles. The summed E-state index contributed by atoms with van der Waals surface area (Å²) in [6, 6.07) is 7.70. The van der Waals surface area contributed by atoms with E-state index in [9.17, 15) is 9.59 Å². The van der Waals surface area contributed by atoms with Crippen LogP contribution in [0.25, 0.3) is 0 Å². The molecule has 2 aliphatic rings. The first-order valence-electron chi connectivity index (χ1n) is 10.8. The molecule has 2 fully saturated rings. The van der Waals surface area contributed by atoms with Gasteiger partial charge in [0, 0.05) is 12.1 Å². The second-order valence-corrected chi connectivity index (χ2v) is 8.65. The quantitative estimate of drug-likeness (QED) is 0.686. The summed E-state index contributed by atoms with van der Waals surface area (Å²) in [5.41, 5.74) is 2.02. The van der Waals surface area contributed by atoms with Crippen molar-refractivity contribution >= 4 is 23.4 Å². The maximum absolute atomic E-state index is 13.5. The van der Waals surface area contributed by atoms with Crippen LogP contribution in [-0.2, 0) is 9.59 Å². The number of rotatable bonds is 6. The number of hydrogen-bond acceptors (Lipinski definition) is 2. The van der Waals surface area contributed by atoms with Crippen molar-refractivity contribution < 1.29 is 9.59 Å². The SMILES string of the molecule is Cc1ccc(C(C(=O)NC2CCCCC2)N(C(=O)CCl)C2CCCCC2)cc1. The Hall–Kier alpha value is -1.55. The van der Waals surface area contributed by atoms with E-state index in [1.165, 1.54) is 12.8 Å². The van der Waals surface area contributed by atoms with E-state index >= 15 is 0 Å². The smallest absolute Gasteiger partial charge is 0.247 e. The zero-order valence-corrected chi connectivity index (χ0v) is 17.7. The molecule has 3 rings (SSSR count). The Morgan fingerprint density at radius 1 is 1.00 bits per heavy atom. The van der Waals surface area contributed by atoms with Gasteiger partial charge in [-0.15, -0.1) is 11.6 Å². The van der Waals surface area contributed by atoms with Crippen molar-refractivity contribution in [3.8, 4) is 0 Å². The first-order chi connectivity index (χ1) is 13.6. The van der Waals surface area contributed by atoms with Crippen molar-refractivity contribution in [1.82, 2.24) is 10.2 Å². The molecule has 0 radical (unpaired) electrons. The van der Waals surface area contributed by atoms with Crippen LogP contribution in [0, 0.1) is 6.92 Å². The van der Waals surface area contributed by atoms with Crippen LogP contribution < -0.4 is 5.32 Å². The molecule has 0 aromatic heterocycles. The molecule has 1 atom stereocenters. The minimum Gasteiger partial charge on any atom is -0.351 e. The number of amides is 2. The van der Waals surface area contributed by atoms with Crippen LogP contribution >= 0.6 is 11.6 Å². The summed E-state index contributed by atoms with van der Waals surface area (Å²) in [6.07, 6.45) is 10.9. The Labute approximate surface area is 174 Å². The first kappa shape index (κ1) is 21.2. The Kier molecular flexibility index (Phi) is 7.78. The van der Waals surface area contributed by atoms with E-state index < -0.39 is 6.04 Å². The van der Waals surface area contributed by atoms with E-state index in [0.717, 1.165) is 62.5 Å². The van der Waals surface area contributed by atoms with Crippen molar-refractivity contribution in [2.75, 3.05) is 5.88 Å². The van der Waals surface area contributed by atoms with Crippen LogP contribution in [-0.4, -0.2) is 34.7 Å². The molecule has 4 nitrogen and oxygen atoms in total. The lowest BCUT2D eigenvalue weighted by atomic mass is 9.90. The van der Waals surface area contributed by atoms with Gasteiger partial charge >= 0.3 is 0 Å². The highest BCUT2D eigenvalue weighted by Gasteiger charge is 2.37. The standard InChI is InChI=1S/C23H33ClN2O2/c1-17-12-14-18(15-13-17)22(23(28)25-19-8-4-2-5-9-19)26(21(27)16-24)20-10-6-3-7-11-20/h12-15,19-20,22H,2-11,16H2,1H3,(H,25,28). The summed E-state index contributed by atoms with van der Waals surface area (Å²) >= 11 is 6.00. The van der Waals surface area contributed by atoms with E-state index in [2.05, 4.69) is 5.32 Å². The molecule has 28 heavy (non-hydrogen) atoms. The zero-order chi connectivity index (χ0) is 19.9. The number of halogens is 1. The van der Waals surface area contributed by atoms with Gasteiger partial charge in [-0.3, -0.25) is 9.59 Å². The Morgan fingerprint density at radius 2 is 1.57 bits per heavy atom. The fraction of sp³-hybridized carbons (Fsp3) is 0.652. The van der Waals surface area contributed by atoms with Crippen LogP contribution in [0.1, 0.15) is 81.4 Å². The Balaban J connectivity index is 1.90. The molecular weight excluding hydrogens is 372 g/mol. The highest BCUT2D eigenvalue weighted by Crippen LogP contribution is 2.32. The highest BCUT2D eigenvalue weighted by molar-refractivity contribution is 6.27. The third-order valence-corrected chi connectivity index (χ3v) is 6.47. The lowest BCUT2D eigenvalue weighted by Gasteiger charge is -2.40. The van der Waals surface area contributed by atoms with Gasteiger partial charge in [0.1, 0.15) is 11.9 Å². The average Bonchev–Trinajstić information content (AvgIpc) is 2.73. The van der Waals surface area contributed by atoms with Gasteiger partial charge in [0.2, 0.25) is 11.8 Å². The predicted octanol–water partition coefficient (Wildman–Crippen LogP) is 4.89. The number of nitrogens with one attached hydrogen (secondary N) is 1. The van der Waals surface area contributed by atoms with Gasteiger partial charge in [-0.25, -0.2) is 0 Å². The minimum absolute atomic E-state index is 0.0557. The summed E-state index contributed by atoms with van der Waals surface area (Å²) < 4.78 is 0. The number of alkyl halides is 1. The summed E-state index contributed by atoms with van der Waals surface area (Å²) in [4.78, 5) is 28.2. The zero-order valence-electron chi connectivity index (χ0n) is 17.0. The molecule has 2 saturated carbocycles. The van der Waals surface area contributed by atoms with Gasteiger partial charge in [0.15, 0.2) is 0 Å². The van der Waals surface area contributed by atoms with Gasteiger partial charge in [0.25, 0.3) is 0 Å². The van der Waals surface area contributed by atoms with E-state index in [4.69, 9.17) is 11.6 Å². The topological polar surface area (TPSA) is 49.4 Å². The molecule has 0 spiro atoms. The van der Waals surface area contributed by atoms with Gasteiger partial charge in [0.05, 0.1) is 0 Å². The minimum atomic E-state index is -0.600. The Morgan fingerprint density at radius 3 is 2.14 bits per heavy atom. The van der Waals surface area contributed by atoms with Crippen molar-refractivity contribution in [2.24, 2.45) is 0 Å². The van der Waals surface area contributed by atoms with Gasteiger partial charge in [-0.05, 0) is 38.2 Å². The molecule has 2 aliphatic carbocycles. The van der Waals surface area contributed by atoms with Gasteiger partial charge in [-0.1, -0.05) is 68.4 Å². The number of carbonyl (C=O) groups is 2. The largest absolute Gasteiger partial charge is 0.351 e. The summed E-state index contributed by atoms with van der Waals surface area (Å²) in [5, 5.41) is 3.25. The average molecular weight is 405 g/mol. The number of benzene rings is 1. The fourth-order valence-electron chi connectivity index (χ4n) is 4.70. The van der Waals surface area contributed by atoms with Crippen molar-refractivity contribution in [3.05, 3.63) is 35.4 Å². The molecule has 0 aliphatic heterocycles. The Bertz CT molecular complexity index is 649. The van der Waals surface area contributed by atoms with Gasteiger partial charge in [-0.2, -0.15) is 0 Å². The van der Waals surface area contributed by atoms with E-state index in [1.807, 2.05) is 31.2 Å². The molecule has 0 bridgehead atoms. The fourth-order valence-corrected chi connectivity index (χ4v) is 4.84. The summed E-state index contributed by atoms with van der Waals surface area (Å²) in [7, 11) is 0. The van der Waals surface area contributed by atoms with Crippen LogP contribution in [0.4, 0.5) is 0 Å². The third kappa shape index (κ3) is 5.28. The molecule has 5 heteroatoms. The lowest BCUT2D eigenvalue weighted by molar-refractivity contribution is -0.143. The number of hydrogen-bond donors (Lipinski definition) is 1. The maximum Gasteiger partial charge on any atom is 0.247 e. The summed E-state index contributed by atoms with van der Waals surface area (Å²) in [5.74, 6) is -0.284. The van der Waals surface area contributed by atoms with Crippen LogP contribution in [0.2, 0.25) is 0 Å². The third-order valence-electron chi connectivity index (χ3n) is 6.24. The second kappa shape index (κ2) is 10.3. The molecule has 2 amide bonds. The van der Waals surface area contributed by atoms with Crippen molar-refractivity contribution in [2.45, 2.75) is 89.3 Å². The number of carbonyl (C=O) groups excluding carboxylic acids is 2. The highest BCUT2D eigenvalue weighted by atomic mass is 35.5. The molecule has 0 saturated heterocycles. The summed E-state index contributed by atoms with van der Waals surface area (Å²) in [6.45, 7) is 2.03. The van der Waals surface area contributed by atoms with Crippen LogP contribution in [0.3, 0.4) is 0 Å². The monoisotopic (exact) mass is 404 g/mol. The lowest BCUT2D eigenvalue weighted by Crippen LogP contribution is -2.51. The van der Waals surface area contributed by atoms with E-state index in [1.54, 1.807) is 4.90 Å². The van der Waals surface area contributed by atoms with Crippen molar-refractivity contribution in [3.63, 3.8) is 0 Å². The molecule has 154 valence electrons. The van der Waals surface area contributed by atoms with E-state index in [0.29, 0.717) is 0 Å². The number of nitrogens with zero attached hydrogens (tertiary/aromatic N) is 1. The predicted molar refractivity (Wildman–Crippen MR) is 113 cm³/mol. The molecule has 1 aromatic rings. The second-order valence-electron chi connectivity index (χ2n) is 8.38. The van der Waals surface area contributed by atoms with Crippen LogP contribution in [0.15, 0.2) is 24.3 Å². The molecule has 0 heterocycles. The maximum atomic E-state index is 13.5. The van der Waals surface area contributed by atoms with Crippen LogP contribution in [0.5, 0.6) is 0 Å². The van der Waals surface area contributed by atoms with Gasteiger partial charge < -0.3 is 10.2 Å². The van der Waals surface area contributed by atoms with E-state index in [-0.39, 0.29) is 29.8 Å². The first-order valence-corrected chi connectivity index (χ1v) is 11.4.